The number of carboxylic acids is 1. The molecule has 300 valence electrons. The second-order valence-corrected chi connectivity index (χ2v) is 14.6. The molecule has 9 heteroatoms. The number of carboxylic acid groups (broad SMARTS) is 1. The molecule has 0 aromatic carbocycles. The summed E-state index contributed by atoms with van der Waals surface area (Å²) in [6.45, 7) is 4.68. The third kappa shape index (κ3) is 35.6. The van der Waals surface area contributed by atoms with Crippen molar-refractivity contribution in [2.24, 2.45) is 0 Å². The van der Waals surface area contributed by atoms with Crippen LogP contribution < -0.4 is 0 Å². The normalized spacial score (nSPS) is 13.5. The number of quaternary nitrogens is 1. The van der Waals surface area contributed by atoms with Crippen LogP contribution in [0.15, 0.2) is 48.6 Å². The van der Waals surface area contributed by atoms with Crippen molar-refractivity contribution in [2.75, 3.05) is 47.5 Å². The molecule has 0 aromatic heterocycles. The van der Waals surface area contributed by atoms with Crippen LogP contribution in [0, 0.1) is 0 Å². The minimum absolute atomic E-state index is 0.183. The molecule has 0 rings (SSSR count). The van der Waals surface area contributed by atoms with E-state index in [9.17, 15) is 19.5 Å². The second-order valence-electron chi connectivity index (χ2n) is 14.6. The zero-order valence-electron chi connectivity index (χ0n) is 33.7. The van der Waals surface area contributed by atoms with Crippen molar-refractivity contribution in [2.45, 2.75) is 161 Å². The molecule has 0 aliphatic rings. The van der Waals surface area contributed by atoms with Gasteiger partial charge >= 0.3 is 17.9 Å². The van der Waals surface area contributed by atoms with Gasteiger partial charge < -0.3 is 28.5 Å². The monoisotopic (exact) mass is 735 g/mol. The Balaban J connectivity index is 4.46. The predicted octanol–water partition coefficient (Wildman–Crippen LogP) is 10.0. The lowest BCUT2D eigenvalue weighted by Crippen LogP contribution is -2.40. The number of ether oxygens (including phenoxy) is 4. The number of allylic oxidation sites excluding steroid dienone is 8. The summed E-state index contributed by atoms with van der Waals surface area (Å²) < 4.78 is 22.6. The molecule has 0 aliphatic carbocycles. The molecule has 1 N–H and O–H groups in total. The summed E-state index contributed by atoms with van der Waals surface area (Å²) in [5.41, 5.74) is 0. The Bertz CT molecular complexity index is 998. The smallest absolute Gasteiger partial charge is 0.361 e. The average Bonchev–Trinajstić information content (AvgIpc) is 3.09. The molecular weight excluding hydrogens is 658 g/mol. The van der Waals surface area contributed by atoms with Crippen LogP contribution in [0.1, 0.15) is 149 Å². The van der Waals surface area contributed by atoms with E-state index in [1.165, 1.54) is 32.1 Å². The van der Waals surface area contributed by atoms with Crippen LogP contribution in [0.25, 0.3) is 0 Å². The van der Waals surface area contributed by atoms with Crippen LogP contribution >= 0.6 is 0 Å². The van der Waals surface area contributed by atoms with Crippen LogP contribution in [0.4, 0.5) is 0 Å². The van der Waals surface area contributed by atoms with Gasteiger partial charge in [-0.25, -0.2) is 4.79 Å². The topological polar surface area (TPSA) is 108 Å². The number of hydrogen-bond donors (Lipinski definition) is 1. The van der Waals surface area contributed by atoms with Crippen molar-refractivity contribution in [3.05, 3.63) is 48.6 Å². The Kier molecular flexibility index (Phi) is 33.4. The van der Waals surface area contributed by atoms with E-state index in [-0.39, 0.29) is 32.2 Å². The quantitative estimate of drug-likeness (QED) is 0.0223. The molecule has 2 atom stereocenters. The molecule has 52 heavy (non-hydrogen) atoms. The molecule has 0 saturated heterocycles. The highest BCUT2D eigenvalue weighted by Gasteiger charge is 2.25. The van der Waals surface area contributed by atoms with Gasteiger partial charge in [0.2, 0.25) is 0 Å². The van der Waals surface area contributed by atoms with Gasteiger partial charge in [-0.3, -0.25) is 9.59 Å². The van der Waals surface area contributed by atoms with Gasteiger partial charge in [-0.1, -0.05) is 133 Å². The van der Waals surface area contributed by atoms with E-state index in [0.717, 1.165) is 83.5 Å². The van der Waals surface area contributed by atoms with E-state index < -0.39 is 24.3 Å². The minimum Gasteiger partial charge on any atom is -0.477 e. The fourth-order valence-electron chi connectivity index (χ4n) is 5.18. The summed E-state index contributed by atoms with van der Waals surface area (Å²) in [5.74, 6) is -2.04. The standard InChI is InChI=1S/C43H75NO8/c1-6-8-10-12-14-16-17-18-19-20-21-22-23-24-25-26-28-30-32-34-41(46)52-39(38-51-43(42(47)48)49-36-35-44(3,4)5)37-50-40(45)33-31-29-27-15-13-11-9-7-2/h8,10,14,16,18-19,21-22,39,43H,6-7,9,11-13,15,17,20,23-38H2,1-5H3/p+1/b10-8-,16-14-,19-18-,22-21-. The number of likely N-dealkylation sites (N-methyl/N-ethyl adjacent to an activating group) is 1. The van der Waals surface area contributed by atoms with Crippen molar-refractivity contribution in [1.82, 2.24) is 0 Å². The molecule has 0 saturated carbocycles. The molecule has 9 nitrogen and oxygen atoms in total. The Morgan fingerprint density at radius 3 is 1.63 bits per heavy atom. The van der Waals surface area contributed by atoms with Crippen molar-refractivity contribution < 1.29 is 42.9 Å². The lowest BCUT2D eigenvalue weighted by Gasteiger charge is -2.25. The largest absolute Gasteiger partial charge is 0.477 e. The summed E-state index contributed by atoms with van der Waals surface area (Å²) in [5, 5.41) is 9.59. The second kappa shape index (κ2) is 35.3. The SMILES string of the molecule is CC/C=C\C/C=C\C/C=C\C/C=C\CCCCCCCCC(=O)OC(COC(=O)CCCCCCCCCC)COC(OCC[N+](C)(C)C)C(=O)O. The third-order valence-corrected chi connectivity index (χ3v) is 8.35. The molecular formula is C43H76NO8+. The molecule has 0 aromatic rings. The number of unbranched alkanes of at least 4 members (excludes halogenated alkanes) is 13. The van der Waals surface area contributed by atoms with Gasteiger partial charge in [-0.2, -0.15) is 0 Å². The molecule has 2 unspecified atom stereocenters. The minimum atomic E-state index is -1.51. The van der Waals surface area contributed by atoms with Crippen molar-refractivity contribution in [1.29, 1.82) is 0 Å². The summed E-state index contributed by atoms with van der Waals surface area (Å²) in [4.78, 5) is 36.9. The Labute approximate surface area is 317 Å². The first-order chi connectivity index (χ1) is 25.1. The van der Waals surface area contributed by atoms with Crippen molar-refractivity contribution in [3.8, 4) is 0 Å². The number of carbonyl (C=O) groups is 3. The lowest BCUT2D eigenvalue weighted by molar-refractivity contribution is -0.870. The first-order valence-corrected chi connectivity index (χ1v) is 20.3. The molecule has 0 heterocycles. The van der Waals surface area contributed by atoms with Crippen LogP contribution in [0.5, 0.6) is 0 Å². The molecule has 0 fully saturated rings. The molecule has 0 aliphatic heterocycles. The summed E-state index contributed by atoms with van der Waals surface area (Å²) in [7, 11) is 5.93. The van der Waals surface area contributed by atoms with E-state index in [2.05, 4.69) is 62.5 Å². The van der Waals surface area contributed by atoms with E-state index in [1.807, 2.05) is 21.1 Å². The number of esters is 2. The van der Waals surface area contributed by atoms with Gasteiger partial charge in [-0.15, -0.1) is 0 Å². The molecule has 0 radical (unpaired) electrons. The predicted molar refractivity (Wildman–Crippen MR) is 212 cm³/mol. The van der Waals surface area contributed by atoms with E-state index in [0.29, 0.717) is 23.9 Å². The van der Waals surface area contributed by atoms with Gasteiger partial charge in [0, 0.05) is 12.8 Å². The summed E-state index contributed by atoms with van der Waals surface area (Å²) in [6.07, 6.45) is 36.1. The zero-order chi connectivity index (χ0) is 38.5. The highest BCUT2D eigenvalue weighted by atomic mass is 16.7. The van der Waals surface area contributed by atoms with E-state index in [1.54, 1.807) is 0 Å². The Morgan fingerprint density at radius 1 is 0.596 bits per heavy atom. The first-order valence-electron chi connectivity index (χ1n) is 20.3. The van der Waals surface area contributed by atoms with Gasteiger partial charge in [-0.05, 0) is 51.4 Å². The van der Waals surface area contributed by atoms with Crippen LogP contribution in [0.2, 0.25) is 0 Å². The Hall–Kier alpha value is -2.75. The van der Waals surface area contributed by atoms with Crippen molar-refractivity contribution >= 4 is 17.9 Å². The van der Waals surface area contributed by atoms with Gasteiger partial charge in [0.25, 0.3) is 6.29 Å². The first kappa shape index (κ1) is 49.2. The fraction of sp³-hybridized carbons (Fsp3) is 0.744. The van der Waals surface area contributed by atoms with Gasteiger partial charge in [0.05, 0.1) is 34.4 Å². The number of nitrogens with zero attached hydrogens (tertiary/aromatic N) is 1. The maximum absolute atomic E-state index is 12.7. The average molecular weight is 735 g/mol. The van der Waals surface area contributed by atoms with Crippen LogP contribution in [0.3, 0.4) is 0 Å². The molecule has 0 bridgehead atoms. The Morgan fingerprint density at radius 2 is 1.10 bits per heavy atom. The fourth-order valence-corrected chi connectivity index (χ4v) is 5.18. The van der Waals surface area contributed by atoms with Gasteiger partial charge in [0.1, 0.15) is 13.2 Å². The molecule has 0 amide bonds. The highest BCUT2D eigenvalue weighted by Crippen LogP contribution is 2.13. The maximum Gasteiger partial charge on any atom is 0.361 e. The summed E-state index contributed by atoms with van der Waals surface area (Å²) >= 11 is 0. The number of aliphatic carboxylic acids is 1. The van der Waals surface area contributed by atoms with E-state index in [4.69, 9.17) is 18.9 Å². The number of rotatable bonds is 36. The van der Waals surface area contributed by atoms with Gasteiger partial charge in [0.15, 0.2) is 6.10 Å². The maximum atomic E-state index is 12.7. The third-order valence-electron chi connectivity index (χ3n) is 8.35. The lowest BCUT2D eigenvalue weighted by atomic mass is 10.1. The highest BCUT2D eigenvalue weighted by molar-refractivity contribution is 5.71. The van der Waals surface area contributed by atoms with Crippen molar-refractivity contribution in [3.63, 3.8) is 0 Å². The van der Waals surface area contributed by atoms with Crippen LogP contribution in [-0.2, 0) is 33.3 Å². The van der Waals surface area contributed by atoms with E-state index >= 15 is 0 Å². The number of hydrogen-bond acceptors (Lipinski definition) is 7. The summed E-state index contributed by atoms with van der Waals surface area (Å²) in [6, 6.07) is 0. The zero-order valence-corrected chi connectivity index (χ0v) is 33.7. The molecule has 0 spiro atoms. The van der Waals surface area contributed by atoms with Crippen LogP contribution in [-0.4, -0.2) is 87.4 Å². The number of carbonyl (C=O) groups excluding carboxylic acids is 2.